The number of thiophene rings is 1. The van der Waals surface area contributed by atoms with Crippen LogP contribution in [0.25, 0.3) is 10.2 Å². The highest BCUT2D eigenvalue weighted by Gasteiger charge is 2.13. The fourth-order valence-corrected chi connectivity index (χ4v) is 3.82. The van der Waals surface area contributed by atoms with E-state index in [0.29, 0.717) is 28.6 Å². The first-order valence-corrected chi connectivity index (χ1v) is 9.62. The van der Waals surface area contributed by atoms with E-state index in [0.717, 1.165) is 15.3 Å². The second-order valence-electron chi connectivity index (χ2n) is 6.07. The van der Waals surface area contributed by atoms with Crippen molar-refractivity contribution < 1.29 is 4.79 Å². The van der Waals surface area contributed by atoms with Gasteiger partial charge in [-0.3, -0.25) is 9.59 Å². The molecule has 2 heterocycles. The lowest BCUT2D eigenvalue weighted by molar-refractivity contribution is -0.119. The number of aryl methyl sites for hydroxylation is 2. The van der Waals surface area contributed by atoms with Gasteiger partial charge in [0.1, 0.15) is 10.7 Å². The molecule has 0 saturated heterocycles. The van der Waals surface area contributed by atoms with Gasteiger partial charge in [-0.25, -0.2) is 4.98 Å². The van der Waals surface area contributed by atoms with Gasteiger partial charge in [0.05, 0.1) is 16.9 Å². The lowest BCUT2D eigenvalue weighted by Crippen LogP contribution is -2.37. The van der Waals surface area contributed by atoms with E-state index in [2.05, 4.69) is 29.1 Å². The smallest absolute Gasteiger partial charge is 0.259 e. The first kappa shape index (κ1) is 18.0. The van der Waals surface area contributed by atoms with Crippen LogP contribution in [0.3, 0.4) is 0 Å². The lowest BCUT2D eigenvalue weighted by Gasteiger charge is -2.17. The van der Waals surface area contributed by atoms with Crippen LogP contribution in [-0.2, 0) is 10.5 Å². The van der Waals surface area contributed by atoms with Gasteiger partial charge >= 0.3 is 0 Å². The zero-order chi connectivity index (χ0) is 17.1. The lowest BCUT2D eigenvalue weighted by atomic mass is 10.1. The molecule has 1 atom stereocenters. The van der Waals surface area contributed by atoms with Gasteiger partial charge in [0.25, 0.3) is 5.56 Å². The number of rotatable bonds is 6. The summed E-state index contributed by atoms with van der Waals surface area (Å²) < 4.78 is 0. The van der Waals surface area contributed by atoms with E-state index in [1.807, 2.05) is 20.8 Å². The van der Waals surface area contributed by atoms with Crippen LogP contribution in [0.2, 0.25) is 0 Å². The number of nitrogens with zero attached hydrogens (tertiary/aromatic N) is 1. The van der Waals surface area contributed by atoms with E-state index in [-0.39, 0.29) is 17.5 Å². The molecule has 2 N–H and O–H groups in total. The van der Waals surface area contributed by atoms with E-state index in [1.54, 1.807) is 0 Å². The van der Waals surface area contributed by atoms with E-state index in [4.69, 9.17) is 0 Å². The van der Waals surface area contributed by atoms with Gasteiger partial charge < -0.3 is 10.3 Å². The van der Waals surface area contributed by atoms with Crippen LogP contribution in [-0.4, -0.2) is 27.7 Å². The molecule has 5 nitrogen and oxygen atoms in total. The molecule has 0 fully saturated rings. The first-order valence-electron chi connectivity index (χ1n) is 7.65. The summed E-state index contributed by atoms with van der Waals surface area (Å²) in [5.41, 5.74) is 0.908. The maximum absolute atomic E-state index is 12.2. The summed E-state index contributed by atoms with van der Waals surface area (Å²) >= 11 is 3.00. The fraction of sp³-hybridized carbons (Fsp3) is 0.562. The second-order valence-corrected chi connectivity index (χ2v) is 8.26. The van der Waals surface area contributed by atoms with Gasteiger partial charge in [0, 0.05) is 10.9 Å². The molecule has 1 amide bonds. The minimum absolute atomic E-state index is 0.0161. The quantitative estimate of drug-likeness (QED) is 0.837. The normalized spacial score (nSPS) is 12.8. The standard InChI is InChI=1S/C16H23N3O2S2/c1-8(2)10(4)17-13(20)7-22-6-12-18-15(21)14-9(3)11(5)23-16(14)19-12/h8,10H,6-7H2,1-5H3,(H,17,20)(H,18,19,21)/t10-/m0/s1. The highest BCUT2D eigenvalue weighted by Crippen LogP contribution is 2.26. The highest BCUT2D eigenvalue weighted by atomic mass is 32.2. The summed E-state index contributed by atoms with van der Waals surface area (Å²) in [6, 6.07) is 0.162. The average Bonchev–Trinajstić information content (AvgIpc) is 2.74. The van der Waals surface area contributed by atoms with Crippen molar-refractivity contribution in [3.05, 3.63) is 26.6 Å². The van der Waals surface area contributed by atoms with E-state index >= 15 is 0 Å². The number of thioether (sulfide) groups is 1. The van der Waals surface area contributed by atoms with Crippen LogP contribution in [0, 0.1) is 19.8 Å². The number of carbonyl (C=O) groups excluding carboxylic acids is 1. The van der Waals surface area contributed by atoms with E-state index in [9.17, 15) is 9.59 Å². The molecule has 2 rings (SSSR count). The maximum Gasteiger partial charge on any atom is 0.259 e. The van der Waals surface area contributed by atoms with E-state index in [1.165, 1.54) is 23.1 Å². The van der Waals surface area contributed by atoms with Gasteiger partial charge in [0.2, 0.25) is 5.91 Å². The van der Waals surface area contributed by atoms with Crippen LogP contribution < -0.4 is 10.9 Å². The third-order valence-corrected chi connectivity index (χ3v) is 5.99. The Hall–Kier alpha value is -1.34. The van der Waals surface area contributed by atoms with E-state index < -0.39 is 0 Å². The first-order chi connectivity index (χ1) is 10.8. The van der Waals surface area contributed by atoms with Crippen LogP contribution in [0.15, 0.2) is 4.79 Å². The summed E-state index contributed by atoms with van der Waals surface area (Å²) in [6.45, 7) is 10.1. The average molecular weight is 354 g/mol. The minimum Gasteiger partial charge on any atom is -0.353 e. The molecule has 0 aromatic carbocycles. The number of hydrogen-bond donors (Lipinski definition) is 2. The molecular formula is C16H23N3O2S2. The molecule has 2 aromatic rings. The van der Waals surface area contributed by atoms with Gasteiger partial charge in [-0.05, 0) is 32.3 Å². The van der Waals surface area contributed by atoms with Gasteiger partial charge in [-0.15, -0.1) is 23.1 Å². The molecule has 0 saturated carbocycles. The van der Waals surface area contributed by atoms with Crippen molar-refractivity contribution in [2.45, 2.75) is 46.4 Å². The zero-order valence-electron chi connectivity index (χ0n) is 14.1. The molecule has 0 aliphatic heterocycles. The zero-order valence-corrected chi connectivity index (χ0v) is 15.8. The molecule has 23 heavy (non-hydrogen) atoms. The van der Waals surface area contributed by atoms with Crippen molar-refractivity contribution in [2.75, 3.05) is 5.75 Å². The summed E-state index contributed by atoms with van der Waals surface area (Å²) in [5, 5.41) is 3.65. The van der Waals surface area contributed by atoms with Crippen LogP contribution in [0.1, 0.15) is 37.0 Å². The van der Waals surface area contributed by atoms with Crippen molar-refractivity contribution in [3.8, 4) is 0 Å². The maximum atomic E-state index is 12.2. The number of aromatic nitrogens is 2. The SMILES string of the molecule is Cc1sc2nc(CSCC(=O)N[C@@H](C)C(C)C)[nH]c(=O)c2c1C. The fourth-order valence-electron chi connectivity index (χ4n) is 2.07. The number of hydrogen-bond acceptors (Lipinski definition) is 5. The second kappa shape index (κ2) is 7.49. The number of amides is 1. The number of aromatic amines is 1. The van der Waals surface area contributed by atoms with Crippen molar-refractivity contribution in [1.29, 1.82) is 0 Å². The number of nitrogens with one attached hydrogen (secondary N) is 2. The van der Waals surface area contributed by atoms with Crippen molar-refractivity contribution in [1.82, 2.24) is 15.3 Å². The Bertz CT molecular complexity index is 765. The Balaban J connectivity index is 1.98. The summed E-state index contributed by atoms with van der Waals surface area (Å²) in [4.78, 5) is 33.3. The Kier molecular flexibility index (Phi) is 5.86. The van der Waals surface area contributed by atoms with Crippen molar-refractivity contribution in [3.63, 3.8) is 0 Å². The molecule has 7 heteroatoms. The van der Waals surface area contributed by atoms with Gasteiger partial charge in [-0.2, -0.15) is 0 Å². The van der Waals surface area contributed by atoms with Crippen molar-refractivity contribution >= 4 is 39.2 Å². The Morgan fingerprint density at radius 1 is 1.35 bits per heavy atom. The van der Waals surface area contributed by atoms with Crippen LogP contribution >= 0.6 is 23.1 Å². The monoisotopic (exact) mass is 353 g/mol. The largest absolute Gasteiger partial charge is 0.353 e. The van der Waals surface area contributed by atoms with Crippen molar-refractivity contribution in [2.24, 2.45) is 5.92 Å². The summed E-state index contributed by atoms with van der Waals surface area (Å²) in [6.07, 6.45) is 0. The minimum atomic E-state index is -0.0923. The third-order valence-electron chi connectivity index (χ3n) is 3.95. The molecule has 0 aliphatic carbocycles. The Morgan fingerprint density at radius 2 is 2.04 bits per heavy atom. The van der Waals surface area contributed by atoms with Gasteiger partial charge in [-0.1, -0.05) is 13.8 Å². The Morgan fingerprint density at radius 3 is 2.70 bits per heavy atom. The molecule has 126 valence electrons. The molecule has 0 unspecified atom stereocenters. The number of fused-ring (bicyclic) bond motifs is 1. The number of carbonyl (C=O) groups is 1. The summed E-state index contributed by atoms with van der Waals surface area (Å²) in [5.74, 6) is 1.93. The molecule has 0 radical (unpaired) electrons. The Labute approximate surface area is 144 Å². The molecule has 0 spiro atoms. The van der Waals surface area contributed by atoms with Crippen LogP contribution in [0.4, 0.5) is 0 Å². The summed E-state index contributed by atoms with van der Waals surface area (Å²) in [7, 11) is 0. The predicted molar refractivity (Wildman–Crippen MR) is 98.3 cm³/mol. The molecular weight excluding hydrogens is 330 g/mol. The molecule has 0 aliphatic rings. The molecule has 0 bridgehead atoms. The predicted octanol–water partition coefficient (Wildman–Crippen LogP) is 3.00. The third kappa shape index (κ3) is 4.35. The number of H-pyrrole nitrogens is 1. The topological polar surface area (TPSA) is 74.8 Å². The van der Waals surface area contributed by atoms with Crippen LogP contribution in [0.5, 0.6) is 0 Å². The van der Waals surface area contributed by atoms with Gasteiger partial charge in [0.15, 0.2) is 0 Å². The molecule has 2 aromatic heterocycles. The highest BCUT2D eigenvalue weighted by molar-refractivity contribution is 7.99.